The Bertz CT molecular complexity index is 1140. The molecule has 32 heavy (non-hydrogen) atoms. The van der Waals surface area contributed by atoms with Crippen LogP contribution in [0.4, 0.5) is 0 Å². The Morgan fingerprint density at radius 3 is 2.56 bits per heavy atom. The molecule has 3 aromatic rings. The monoisotopic (exact) mass is 451 g/mol. The molecule has 0 unspecified atom stereocenters. The third-order valence-corrected chi connectivity index (χ3v) is 6.62. The van der Waals surface area contributed by atoms with Gasteiger partial charge in [0.15, 0.2) is 0 Å². The molecule has 1 atom stereocenters. The Labute approximate surface area is 190 Å². The molecule has 1 saturated heterocycles. The van der Waals surface area contributed by atoms with Gasteiger partial charge < -0.3 is 14.7 Å². The van der Waals surface area contributed by atoms with Gasteiger partial charge in [-0.2, -0.15) is 0 Å². The molecule has 4 rings (SSSR count). The molecule has 1 aliphatic heterocycles. The van der Waals surface area contributed by atoms with Gasteiger partial charge in [0.25, 0.3) is 0 Å². The summed E-state index contributed by atoms with van der Waals surface area (Å²) in [7, 11) is 0. The molecular weight excluding hydrogens is 426 g/mol. The zero-order valence-corrected chi connectivity index (χ0v) is 19.1. The molecule has 1 aromatic heterocycles. The van der Waals surface area contributed by atoms with Crippen molar-refractivity contribution in [3.63, 3.8) is 0 Å². The fraction of sp³-hybridized carbons (Fsp3) is 0.333. The van der Waals surface area contributed by atoms with E-state index >= 15 is 0 Å². The normalized spacial score (nSPS) is 16.1. The highest BCUT2D eigenvalue weighted by molar-refractivity contribution is 7.14. The summed E-state index contributed by atoms with van der Waals surface area (Å²) in [5, 5.41) is 19.7. The van der Waals surface area contributed by atoms with Crippen molar-refractivity contribution in [2.75, 3.05) is 6.54 Å². The van der Waals surface area contributed by atoms with Gasteiger partial charge in [0.05, 0.1) is 5.56 Å². The number of amides is 1. The van der Waals surface area contributed by atoms with E-state index in [1.807, 2.05) is 31.2 Å². The average molecular weight is 452 g/mol. The van der Waals surface area contributed by atoms with Crippen LogP contribution in [0.3, 0.4) is 0 Å². The highest BCUT2D eigenvalue weighted by atomic mass is 32.1. The fourth-order valence-corrected chi connectivity index (χ4v) is 4.47. The van der Waals surface area contributed by atoms with Crippen LogP contribution in [0.2, 0.25) is 0 Å². The smallest absolute Gasteiger partial charge is 0.335 e. The van der Waals surface area contributed by atoms with E-state index in [2.05, 4.69) is 24.0 Å². The van der Waals surface area contributed by atoms with Crippen LogP contribution in [0.15, 0.2) is 42.5 Å². The minimum absolute atomic E-state index is 0.105. The van der Waals surface area contributed by atoms with Crippen LogP contribution in [-0.2, 0) is 11.3 Å². The van der Waals surface area contributed by atoms with Crippen molar-refractivity contribution in [2.45, 2.75) is 39.7 Å². The number of aromatic carboxylic acids is 1. The third kappa shape index (κ3) is 4.80. The van der Waals surface area contributed by atoms with Crippen molar-refractivity contribution in [2.24, 2.45) is 5.92 Å². The largest absolute Gasteiger partial charge is 0.478 e. The summed E-state index contributed by atoms with van der Waals surface area (Å²) in [4.78, 5) is 25.5. The van der Waals surface area contributed by atoms with Gasteiger partial charge in [0.1, 0.15) is 21.5 Å². The Balaban J connectivity index is 1.57. The minimum atomic E-state index is -1.03. The molecule has 0 spiro atoms. The predicted molar refractivity (Wildman–Crippen MR) is 122 cm³/mol. The Kier molecular flexibility index (Phi) is 6.23. The Hall–Kier alpha value is -3.26. The summed E-state index contributed by atoms with van der Waals surface area (Å²) >= 11 is 1.56. The fourth-order valence-electron chi connectivity index (χ4n) is 3.62. The summed E-state index contributed by atoms with van der Waals surface area (Å²) in [6, 6.07) is 12.2. The van der Waals surface area contributed by atoms with Crippen molar-refractivity contribution in [1.82, 2.24) is 15.1 Å². The van der Waals surface area contributed by atoms with Crippen LogP contribution >= 0.6 is 11.3 Å². The predicted octanol–water partition coefficient (Wildman–Crippen LogP) is 5.19. The Morgan fingerprint density at radius 2 is 1.97 bits per heavy atom. The quantitative estimate of drug-likeness (QED) is 0.532. The topological polar surface area (TPSA) is 92.6 Å². The van der Waals surface area contributed by atoms with E-state index in [1.165, 1.54) is 6.07 Å². The second-order valence-electron chi connectivity index (χ2n) is 8.44. The summed E-state index contributed by atoms with van der Waals surface area (Å²) in [6.07, 6.45) is 0.537. The van der Waals surface area contributed by atoms with E-state index in [0.29, 0.717) is 42.8 Å². The number of carbonyl (C=O) groups excluding carboxylic acids is 1. The third-order valence-electron chi connectivity index (χ3n) is 5.35. The molecule has 166 valence electrons. The highest BCUT2D eigenvalue weighted by Gasteiger charge is 2.27. The van der Waals surface area contributed by atoms with E-state index in [4.69, 9.17) is 4.74 Å². The van der Waals surface area contributed by atoms with Crippen molar-refractivity contribution in [3.05, 3.63) is 58.6 Å². The van der Waals surface area contributed by atoms with E-state index in [0.717, 1.165) is 21.1 Å². The van der Waals surface area contributed by atoms with Crippen LogP contribution in [0.5, 0.6) is 11.5 Å². The highest BCUT2D eigenvalue weighted by Crippen LogP contribution is 2.32. The van der Waals surface area contributed by atoms with Gasteiger partial charge in [-0.25, -0.2) is 4.79 Å². The first kappa shape index (κ1) is 22.0. The van der Waals surface area contributed by atoms with Gasteiger partial charge in [0, 0.05) is 36.6 Å². The minimum Gasteiger partial charge on any atom is -0.478 e. The van der Waals surface area contributed by atoms with Crippen LogP contribution in [0.25, 0.3) is 10.6 Å². The van der Waals surface area contributed by atoms with Crippen molar-refractivity contribution in [1.29, 1.82) is 0 Å². The van der Waals surface area contributed by atoms with E-state index in [1.54, 1.807) is 28.4 Å². The number of hydrogen-bond donors (Lipinski definition) is 1. The second kappa shape index (κ2) is 9.08. The van der Waals surface area contributed by atoms with Crippen LogP contribution in [0.1, 0.15) is 54.0 Å². The van der Waals surface area contributed by atoms with Gasteiger partial charge in [-0.1, -0.05) is 38.2 Å². The lowest BCUT2D eigenvalue weighted by Gasteiger charge is -2.19. The maximum absolute atomic E-state index is 12.2. The molecule has 0 bridgehead atoms. The van der Waals surface area contributed by atoms with Crippen LogP contribution in [-0.4, -0.2) is 38.6 Å². The molecule has 8 heteroatoms. The van der Waals surface area contributed by atoms with Gasteiger partial charge in [-0.05, 0) is 42.3 Å². The van der Waals surface area contributed by atoms with Gasteiger partial charge in [-0.15, -0.1) is 10.2 Å². The molecule has 1 aliphatic rings. The number of rotatable bonds is 7. The number of benzene rings is 2. The molecule has 2 heterocycles. The molecule has 1 amide bonds. The number of nitrogens with zero attached hydrogens (tertiary/aromatic N) is 3. The summed E-state index contributed by atoms with van der Waals surface area (Å²) in [5.74, 6) is 0.728. The SMILES string of the molecule is CC(C)c1nnc(-c2ccc(Oc3cc(C(=O)O)ccc3CN3C[C@@H](C)CC3=O)cc2)s1. The lowest BCUT2D eigenvalue weighted by Crippen LogP contribution is -2.24. The van der Waals surface area contributed by atoms with Crippen molar-refractivity contribution in [3.8, 4) is 22.1 Å². The first-order valence-electron chi connectivity index (χ1n) is 10.6. The molecule has 0 aliphatic carbocycles. The maximum Gasteiger partial charge on any atom is 0.335 e. The number of carboxylic acid groups (broad SMARTS) is 1. The van der Waals surface area contributed by atoms with Gasteiger partial charge in [-0.3, -0.25) is 4.79 Å². The Morgan fingerprint density at radius 1 is 1.22 bits per heavy atom. The standard InChI is InChI=1S/C24H25N3O4S/c1-14(2)22-25-26-23(32-22)16-6-8-19(9-7-16)31-20-11-17(24(29)30)4-5-18(20)13-27-12-15(3)10-21(27)28/h4-9,11,14-15H,10,12-13H2,1-3H3,(H,29,30)/t15-/m0/s1. The van der Waals surface area contributed by atoms with Gasteiger partial charge in [0.2, 0.25) is 5.91 Å². The molecule has 1 fully saturated rings. The lowest BCUT2D eigenvalue weighted by atomic mass is 10.1. The van der Waals surface area contributed by atoms with Crippen molar-refractivity contribution >= 4 is 23.2 Å². The number of carboxylic acids is 1. The average Bonchev–Trinajstić information content (AvgIpc) is 3.36. The van der Waals surface area contributed by atoms with Crippen LogP contribution in [0, 0.1) is 5.92 Å². The molecule has 1 N–H and O–H groups in total. The molecular formula is C24H25N3O4S. The number of aromatic nitrogens is 2. The summed E-state index contributed by atoms with van der Waals surface area (Å²) in [5.41, 5.74) is 1.85. The van der Waals surface area contributed by atoms with E-state index in [-0.39, 0.29) is 11.5 Å². The maximum atomic E-state index is 12.2. The number of carbonyl (C=O) groups is 2. The number of hydrogen-bond acceptors (Lipinski definition) is 6. The first-order valence-corrected chi connectivity index (χ1v) is 11.4. The second-order valence-corrected chi connectivity index (χ2v) is 9.45. The molecule has 0 saturated carbocycles. The molecule has 0 radical (unpaired) electrons. The number of likely N-dealkylation sites (tertiary alicyclic amines) is 1. The summed E-state index contributed by atoms with van der Waals surface area (Å²) < 4.78 is 6.07. The van der Waals surface area contributed by atoms with Crippen molar-refractivity contribution < 1.29 is 19.4 Å². The zero-order valence-electron chi connectivity index (χ0n) is 18.2. The van der Waals surface area contributed by atoms with Crippen LogP contribution < -0.4 is 4.74 Å². The zero-order chi connectivity index (χ0) is 22.8. The first-order chi connectivity index (χ1) is 15.3. The lowest BCUT2D eigenvalue weighted by molar-refractivity contribution is -0.128. The van der Waals surface area contributed by atoms with E-state index in [9.17, 15) is 14.7 Å². The van der Waals surface area contributed by atoms with Gasteiger partial charge >= 0.3 is 5.97 Å². The molecule has 7 nitrogen and oxygen atoms in total. The summed E-state index contributed by atoms with van der Waals surface area (Å²) in [6.45, 7) is 7.29. The number of ether oxygens (including phenoxy) is 1. The van der Waals surface area contributed by atoms with E-state index < -0.39 is 5.97 Å². The molecule has 2 aromatic carbocycles.